The largest absolute Gasteiger partial charge is 0.371 e. The lowest BCUT2D eigenvalue weighted by atomic mass is 10.1. The first-order valence-electron chi connectivity index (χ1n) is 6.14. The lowest BCUT2D eigenvalue weighted by Gasteiger charge is -2.29. The van der Waals surface area contributed by atoms with Gasteiger partial charge in [-0.1, -0.05) is 12.1 Å². The molecule has 0 unspecified atom stereocenters. The molecule has 3 heteroatoms. The van der Waals surface area contributed by atoms with E-state index in [2.05, 4.69) is 50.1 Å². The Labute approximate surface area is 110 Å². The Hall–Kier alpha value is -1.09. The van der Waals surface area contributed by atoms with Crippen molar-refractivity contribution in [3.8, 4) is 0 Å². The average molecular weight is 291 g/mol. The molecule has 1 aliphatic rings. The van der Waals surface area contributed by atoms with Gasteiger partial charge in [-0.25, -0.2) is 0 Å². The summed E-state index contributed by atoms with van der Waals surface area (Å²) in [6, 6.07) is 8.44. The van der Waals surface area contributed by atoms with Crippen LogP contribution in [0.4, 0.5) is 5.69 Å². The molecular formula is C14H15BrN2. The standard InChI is InChI=1S/C14H15BrN2/c15-12-6-4-5-11-13(7-8-16-14(11)12)17-9-2-1-3-10-17/h4-8H,1-3,9-10H2. The number of hydrogen-bond acceptors (Lipinski definition) is 2. The van der Waals surface area contributed by atoms with Crippen LogP contribution in [-0.4, -0.2) is 18.1 Å². The number of fused-ring (bicyclic) bond motifs is 1. The first kappa shape index (κ1) is 11.0. The van der Waals surface area contributed by atoms with Gasteiger partial charge in [-0.15, -0.1) is 0 Å². The molecule has 17 heavy (non-hydrogen) atoms. The molecule has 1 aromatic heterocycles. The van der Waals surface area contributed by atoms with Crippen LogP contribution < -0.4 is 4.90 Å². The second-order valence-corrected chi connectivity index (χ2v) is 5.37. The van der Waals surface area contributed by atoms with Gasteiger partial charge in [0.25, 0.3) is 0 Å². The van der Waals surface area contributed by atoms with Gasteiger partial charge in [0.15, 0.2) is 0 Å². The van der Waals surface area contributed by atoms with Gasteiger partial charge in [0.05, 0.1) is 5.52 Å². The van der Waals surface area contributed by atoms with Gasteiger partial charge < -0.3 is 4.90 Å². The predicted octanol–water partition coefficient (Wildman–Crippen LogP) is 3.99. The molecule has 1 saturated heterocycles. The molecule has 0 bridgehead atoms. The Bertz CT molecular complexity index is 533. The van der Waals surface area contributed by atoms with E-state index in [1.165, 1.54) is 43.4 Å². The zero-order valence-electron chi connectivity index (χ0n) is 9.69. The van der Waals surface area contributed by atoms with Crippen LogP contribution in [0.1, 0.15) is 19.3 Å². The highest BCUT2D eigenvalue weighted by Crippen LogP contribution is 2.31. The van der Waals surface area contributed by atoms with Crippen molar-refractivity contribution in [1.82, 2.24) is 4.98 Å². The van der Waals surface area contributed by atoms with Gasteiger partial charge in [-0.05, 0) is 47.3 Å². The van der Waals surface area contributed by atoms with E-state index >= 15 is 0 Å². The molecule has 0 N–H and O–H groups in total. The maximum absolute atomic E-state index is 4.46. The molecule has 0 amide bonds. The maximum atomic E-state index is 4.46. The molecule has 0 saturated carbocycles. The van der Waals surface area contributed by atoms with E-state index in [1.54, 1.807) is 0 Å². The van der Waals surface area contributed by atoms with Crippen molar-refractivity contribution in [1.29, 1.82) is 0 Å². The minimum Gasteiger partial charge on any atom is -0.371 e. The first-order valence-corrected chi connectivity index (χ1v) is 6.94. The quantitative estimate of drug-likeness (QED) is 0.790. The third kappa shape index (κ3) is 2.04. The minimum atomic E-state index is 1.07. The van der Waals surface area contributed by atoms with E-state index in [-0.39, 0.29) is 0 Å². The highest BCUT2D eigenvalue weighted by Gasteiger charge is 2.14. The smallest absolute Gasteiger partial charge is 0.0864 e. The van der Waals surface area contributed by atoms with Crippen LogP contribution in [0.5, 0.6) is 0 Å². The third-order valence-corrected chi connectivity index (χ3v) is 4.04. The Morgan fingerprint density at radius 1 is 1.06 bits per heavy atom. The fourth-order valence-corrected chi connectivity index (χ4v) is 3.00. The Morgan fingerprint density at radius 2 is 1.88 bits per heavy atom. The van der Waals surface area contributed by atoms with Crippen LogP contribution in [0.3, 0.4) is 0 Å². The van der Waals surface area contributed by atoms with Crippen LogP contribution in [0.25, 0.3) is 10.9 Å². The topological polar surface area (TPSA) is 16.1 Å². The average Bonchev–Trinajstić information content (AvgIpc) is 2.40. The van der Waals surface area contributed by atoms with Crippen LogP contribution in [0.15, 0.2) is 34.9 Å². The van der Waals surface area contributed by atoms with Gasteiger partial charge in [-0.2, -0.15) is 0 Å². The number of benzene rings is 1. The molecule has 0 aliphatic carbocycles. The first-order chi connectivity index (χ1) is 8.36. The van der Waals surface area contributed by atoms with Gasteiger partial charge >= 0.3 is 0 Å². The predicted molar refractivity (Wildman–Crippen MR) is 75.5 cm³/mol. The lowest BCUT2D eigenvalue weighted by molar-refractivity contribution is 0.579. The molecule has 3 rings (SSSR count). The van der Waals surface area contributed by atoms with Crippen molar-refractivity contribution in [3.63, 3.8) is 0 Å². The monoisotopic (exact) mass is 290 g/mol. The summed E-state index contributed by atoms with van der Waals surface area (Å²) in [5.74, 6) is 0. The normalized spacial score (nSPS) is 16.4. The number of hydrogen-bond donors (Lipinski definition) is 0. The molecule has 2 nitrogen and oxygen atoms in total. The summed E-state index contributed by atoms with van der Waals surface area (Å²) < 4.78 is 1.08. The Kier molecular flexibility index (Phi) is 3.02. The summed E-state index contributed by atoms with van der Waals surface area (Å²) >= 11 is 3.57. The number of piperidine rings is 1. The van der Waals surface area contributed by atoms with E-state index in [0.717, 1.165) is 9.99 Å². The lowest BCUT2D eigenvalue weighted by Crippen LogP contribution is -2.29. The fourth-order valence-electron chi connectivity index (χ4n) is 2.54. The summed E-state index contributed by atoms with van der Waals surface area (Å²) in [5, 5.41) is 1.25. The molecule has 2 aromatic rings. The number of halogens is 1. The minimum absolute atomic E-state index is 1.07. The molecule has 88 valence electrons. The SMILES string of the molecule is Brc1cccc2c(N3CCCCC3)ccnc12. The summed E-state index contributed by atoms with van der Waals surface area (Å²) in [6.45, 7) is 2.34. The van der Waals surface area contributed by atoms with Crippen LogP contribution >= 0.6 is 15.9 Å². The Balaban J connectivity index is 2.12. The number of rotatable bonds is 1. The van der Waals surface area contributed by atoms with E-state index in [4.69, 9.17) is 0 Å². The van der Waals surface area contributed by atoms with Crippen molar-refractivity contribution in [3.05, 3.63) is 34.9 Å². The van der Waals surface area contributed by atoms with Crippen molar-refractivity contribution >= 4 is 32.5 Å². The summed E-state index contributed by atoms with van der Waals surface area (Å²) in [6.07, 6.45) is 5.88. The van der Waals surface area contributed by atoms with Crippen molar-refractivity contribution in [2.45, 2.75) is 19.3 Å². The van der Waals surface area contributed by atoms with E-state index in [9.17, 15) is 0 Å². The maximum Gasteiger partial charge on any atom is 0.0864 e. The highest BCUT2D eigenvalue weighted by atomic mass is 79.9. The van der Waals surface area contributed by atoms with Crippen molar-refractivity contribution in [2.24, 2.45) is 0 Å². The molecule has 1 aromatic carbocycles. The second kappa shape index (κ2) is 4.65. The van der Waals surface area contributed by atoms with E-state index < -0.39 is 0 Å². The van der Waals surface area contributed by atoms with Crippen LogP contribution in [0.2, 0.25) is 0 Å². The molecule has 1 fully saturated rings. The molecule has 0 radical (unpaired) electrons. The summed E-state index contributed by atoms with van der Waals surface area (Å²) in [4.78, 5) is 6.95. The third-order valence-electron chi connectivity index (χ3n) is 3.40. The number of anilines is 1. The zero-order chi connectivity index (χ0) is 11.7. The highest BCUT2D eigenvalue weighted by molar-refractivity contribution is 9.10. The number of nitrogens with zero attached hydrogens (tertiary/aromatic N) is 2. The van der Waals surface area contributed by atoms with Gasteiger partial charge in [-0.3, -0.25) is 4.98 Å². The summed E-state index contributed by atoms with van der Waals surface area (Å²) in [7, 11) is 0. The van der Waals surface area contributed by atoms with Gasteiger partial charge in [0.1, 0.15) is 0 Å². The Morgan fingerprint density at radius 3 is 2.71 bits per heavy atom. The number of pyridine rings is 1. The second-order valence-electron chi connectivity index (χ2n) is 4.51. The van der Waals surface area contributed by atoms with Gasteiger partial charge in [0, 0.05) is 34.8 Å². The van der Waals surface area contributed by atoms with Crippen LogP contribution in [-0.2, 0) is 0 Å². The van der Waals surface area contributed by atoms with E-state index in [1.807, 2.05) is 6.20 Å². The number of para-hydroxylation sites is 1. The van der Waals surface area contributed by atoms with Crippen LogP contribution in [0, 0.1) is 0 Å². The molecule has 0 atom stereocenters. The fraction of sp³-hybridized carbons (Fsp3) is 0.357. The molecule has 1 aliphatic heterocycles. The zero-order valence-corrected chi connectivity index (χ0v) is 11.3. The van der Waals surface area contributed by atoms with Gasteiger partial charge in [0.2, 0.25) is 0 Å². The summed E-state index contributed by atoms with van der Waals surface area (Å²) in [5.41, 5.74) is 2.39. The molecule has 2 heterocycles. The van der Waals surface area contributed by atoms with E-state index in [0.29, 0.717) is 0 Å². The molecule has 0 spiro atoms. The van der Waals surface area contributed by atoms with Crippen molar-refractivity contribution in [2.75, 3.05) is 18.0 Å². The molecular weight excluding hydrogens is 276 g/mol. The number of aromatic nitrogens is 1. The van der Waals surface area contributed by atoms with Crippen molar-refractivity contribution < 1.29 is 0 Å².